The maximum atomic E-state index is 10.8. The summed E-state index contributed by atoms with van der Waals surface area (Å²) in [7, 11) is 0. The lowest BCUT2D eigenvalue weighted by Crippen LogP contribution is -2.04. The Kier molecular flexibility index (Phi) is 2.09. The van der Waals surface area contributed by atoms with Crippen molar-refractivity contribution in [3.8, 4) is 5.69 Å². The quantitative estimate of drug-likeness (QED) is 0.696. The number of carbonyl (C=O) groups is 1. The second kappa shape index (κ2) is 3.41. The highest BCUT2D eigenvalue weighted by Gasteiger charge is 2.07. The summed E-state index contributed by atoms with van der Waals surface area (Å²) in [5.41, 5.74) is 6.57. The fourth-order valence-electron chi connectivity index (χ4n) is 1.22. The molecule has 3 N–H and O–H groups in total. The van der Waals surface area contributed by atoms with Gasteiger partial charge in [-0.05, 0) is 18.2 Å². The molecule has 0 atom stereocenters. The van der Waals surface area contributed by atoms with E-state index in [1.165, 1.54) is 29.3 Å². The van der Waals surface area contributed by atoms with E-state index in [9.17, 15) is 4.79 Å². The van der Waals surface area contributed by atoms with Crippen molar-refractivity contribution in [1.29, 1.82) is 0 Å². The Morgan fingerprint density at radius 3 is 2.53 bits per heavy atom. The van der Waals surface area contributed by atoms with Crippen molar-refractivity contribution in [1.82, 2.24) is 15.0 Å². The first-order valence-corrected chi connectivity index (χ1v) is 4.17. The highest BCUT2D eigenvalue weighted by molar-refractivity contribution is 5.89. The molecule has 76 valence electrons. The van der Waals surface area contributed by atoms with Gasteiger partial charge in [0.05, 0.1) is 23.6 Å². The third-order valence-corrected chi connectivity index (χ3v) is 1.84. The largest absolute Gasteiger partial charge is 0.478 e. The van der Waals surface area contributed by atoms with Crippen LogP contribution in [0.4, 0.5) is 5.69 Å². The van der Waals surface area contributed by atoms with Gasteiger partial charge in [-0.15, -0.1) is 0 Å². The molecule has 0 spiro atoms. The molecule has 1 aromatic carbocycles. The van der Waals surface area contributed by atoms with Gasteiger partial charge in [-0.25, -0.2) is 4.79 Å². The molecular formula is C9H8N4O2. The maximum Gasteiger partial charge on any atom is 0.335 e. The van der Waals surface area contributed by atoms with E-state index in [-0.39, 0.29) is 5.56 Å². The van der Waals surface area contributed by atoms with Gasteiger partial charge in [-0.1, -0.05) is 0 Å². The number of rotatable bonds is 2. The summed E-state index contributed by atoms with van der Waals surface area (Å²) < 4.78 is 0. The van der Waals surface area contributed by atoms with Crippen molar-refractivity contribution in [2.24, 2.45) is 0 Å². The summed E-state index contributed by atoms with van der Waals surface area (Å²) >= 11 is 0. The second-order valence-electron chi connectivity index (χ2n) is 2.94. The molecule has 6 nitrogen and oxygen atoms in total. The number of carboxylic acids is 1. The lowest BCUT2D eigenvalue weighted by molar-refractivity contribution is 0.0697. The average Bonchev–Trinajstić information content (AvgIpc) is 2.69. The lowest BCUT2D eigenvalue weighted by Gasteiger charge is -2.03. The predicted molar refractivity (Wildman–Crippen MR) is 52.7 cm³/mol. The minimum absolute atomic E-state index is 0.113. The van der Waals surface area contributed by atoms with Crippen LogP contribution < -0.4 is 5.73 Å². The molecule has 2 aromatic rings. The molecule has 0 aliphatic carbocycles. The molecule has 15 heavy (non-hydrogen) atoms. The molecule has 0 fully saturated rings. The number of carboxylic acid groups (broad SMARTS) is 1. The normalized spacial score (nSPS) is 10.1. The maximum absolute atomic E-state index is 10.8. The number of aromatic carboxylic acids is 1. The molecular weight excluding hydrogens is 196 g/mol. The molecule has 0 aliphatic heterocycles. The van der Waals surface area contributed by atoms with E-state index >= 15 is 0 Å². The van der Waals surface area contributed by atoms with E-state index in [4.69, 9.17) is 10.8 Å². The van der Waals surface area contributed by atoms with Crippen LogP contribution in [0.3, 0.4) is 0 Å². The smallest absolute Gasteiger partial charge is 0.335 e. The van der Waals surface area contributed by atoms with E-state index < -0.39 is 5.97 Å². The number of nitrogens with zero attached hydrogens (tertiary/aromatic N) is 3. The molecule has 2 rings (SSSR count). The molecule has 6 heteroatoms. The minimum atomic E-state index is -1.03. The zero-order valence-electron chi connectivity index (χ0n) is 7.66. The van der Waals surface area contributed by atoms with Crippen LogP contribution in [0.25, 0.3) is 5.69 Å². The third-order valence-electron chi connectivity index (χ3n) is 1.84. The fraction of sp³-hybridized carbons (Fsp3) is 0. The summed E-state index contributed by atoms with van der Waals surface area (Å²) in [6.07, 6.45) is 3.01. The first-order valence-electron chi connectivity index (χ1n) is 4.17. The van der Waals surface area contributed by atoms with Crippen LogP contribution in [0.5, 0.6) is 0 Å². The average molecular weight is 204 g/mol. The summed E-state index contributed by atoms with van der Waals surface area (Å²) in [6.45, 7) is 0. The van der Waals surface area contributed by atoms with Crippen LogP contribution in [0.1, 0.15) is 10.4 Å². The Bertz CT molecular complexity index is 493. The lowest BCUT2D eigenvalue weighted by atomic mass is 10.2. The topological polar surface area (TPSA) is 94.0 Å². The second-order valence-corrected chi connectivity index (χ2v) is 2.94. The van der Waals surface area contributed by atoms with E-state index in [0.29, 0.717) is 11.4 Å². The minimum Gasteiger partial charge on any atom is -0.478 e. The van der Waals surface area contributed by atoms with Gasteiger partial charge in [0, 0.05) is 5.69 Å². The van der Waals surface area contributed by atoms with Gasteiger partial charge in [-0.3, -0.25) is 0 Å². The van der Waals surface area contributed by atoms with Crippen molar-refractivity contribution in [2.75, 3.05) is 5.73 Å². The van der Waals surface area contributed by atoms with Crippen molar-refractivity contribution >= 4 is 11.7 Å². The standard InChI is InChI=1S/C9H8N4O2/c10-7-3-6(9(14)15)4-8(5-7)13-11-1-2-12-13/h1-5H,10H2,(H,14,15). The van der Waals surface area contributed by atoms with Crippen molar-refractivity contribution in [3.05, 3.63) is 36.2 Å². The zero-order valence-corrected chi connectivity index (χ0v) is 7.66. The Hall–Kier alpha value is -2.37. The van der Waals surface area contributed by atoms with Gasteiger partial charge in [0.15, 0.2) is 0 Å². The first kappa shape index (κ1) is 9.20. The van der Waals surface area contributed by atoms with Gasteiger partial charge in [0.2, 0.25) is 0 Å². The van der Waals surface area contributed by atoms with Gasteiger partial charge >= 0.3 is 5.97 Å². The molecule has 0 aliphatic rings. The summed E-state index contributed by atoms with van der Waals surface area (Å²) in [5, 5.41) is 16.6. The van der Waals surface area contributed by atoms with E-state index in [1.54, 1.807) is 6.07 Å². The molecule has 1 aromatic heterocycles. The molecule has 0 saturated carbocycles. The number of anilines is 1. The van der Waals surface area contributed by atoms with Gasteiger partial charge in [0.1, 0.15) is 0 Å². The predicted octanol–water partition coefficient (Wildman–Crippen LogP) is 0.548. The van der Waals surface area contributed by atoms with Crippen molar-refractivity contribution in [3.63, 3.8) is 0 Å². The Morgan fingerprint density at radius 2 is 1.93 bits per heavy atom. The number of benzene rings is 1. The molecule has 0 radical (unpaired) electrons. The molecule has 0 bridgehead atoms. The first-order chi connectivity index (χ1) is 7.16. The number of nitrogens with two attached hydrogens (primary N) is 1. The number of hydrogen-bond acceptors (Lipinski definition) is 4. The Balaban J connectivity index is 2.54. The van der Waals surface area contributed by atoms with E-state index in [0.717, 1.165) is 0 Å². The van der Waals surface area contributed by atoms with Crippen LogP contribution in [-0.4, -0.2) is 26.1 Å². The summed E-state index contributed by atoms with van der Waals surface area (Å²) in [4.78, 5) is 12.1. The van der Waals surface area contributed by atoms with E-state index in [2.05, 4.69) is 10.2 Å². The SMILES string of the molecule is Nc1cc(C(=O)O)cc(-n2nccn2)c1. The zero-order chi connectivity index (χ0) is 10.8. The monoisotopic (exact) mass is 204 g/mol. The van der Waals surface area contributed by atoms with Crippen molar-refractivity contribution < 1.29 is 9.90 Å². The van der Waals surface area contributed by atoms with E-state index in [1.807, 2.05) is 0 Å². The number of hydrogen-bond donors (Lipinski definition) is 2. The molecule has 0 unspecified atom stereocenters. The Morgan fingerprint density at radius 1 is 1.27 bits per heavy atom. The highest BCUT2D eigenvalue weighted by atomic mass is 16.4. The summed E-state index contributed by atoms with van der Waals surface area (Å²) in [5.74, 6) is -1.03. The van der Waals surface area contributed by atoms with Crippen LogP contribution >= 0.6 is 0 Å². The number of aromatic nitrogens is 3. The molecule has 0 saturated heterocycles. The van der Waals surface area contributed by atoms with Gasteiger partial charge in [-0.2, -0.15) is 15.0 Å². The van der Waals surface area contributed by atoms with Crippen LogP contribution in [0.15, 0.2) is 30.6 Å². The molecule has 1 heterocycles. The highest BCUT2D eigenvalue weighted by Crippen LogP contribution is 2.14. The fourth-order valence-corrected chi connectivity index (χ4v) is 1.22. The van der Waals surface area contributed by atoms with Crippen LogP contribution in [0.2, 0.25) is 0 Å². The summed E-state index contributed by atoms with van der Waals surface area (Å²) in [6, 6.07) is 4.44. The van der Waals surface area contributed by atoms with Crippen LogP contribution in [-0.2, 0) is 0 Å². The van der Waals surface area contributed by atoms with Crippen molar-refractivity contribution in [2.45, 2.75) is 0 Å². The van der Waals surface area contributed by atoms with Crippen LogP contribution in [0, 0.1) is 0 Å². The van der Waals surface area contributed by atoms with Gasteiger partial charge < -0.3 is 10.8 Å². The third kappa shape index (κ3) is 1.78. The Labute approximate surface area is 84.9 Å². The van der Waals surface area contributed by atoms with Gasteiger partial charge in [0.25, 0.3) is 0 Å². The molecule has 0 amide bonds. The number of nitrogen functional groups attached to an aromatic ring is 1.